The van der Waals surface area contributed by atoms with E-state index in [9.17, 15) is 20.0 Å². The smallest absolute Gasteiger partial charge is 0.269 e. The van der Waals surface area contributed by atoms with Crippen LogP contribution in [0.15, 0.2) is 48.5 Å². The molecule has 1 saturated heterocycles. The van der Waals surface area contributed by atoms with Gasteiger partial charge in [-0.2, -0.15) is 0 Å². The number of nitro groups is 1. The predicted octanol–water partition coefficient (Wildman–Crippen LogP) is 2.53. The van der Waals surface area contributed by atoms with Crippen LogP contribution >= 0.6 is 24.0 Å². The maximum Gasteiger partial charge on any atom is 0.269 e. The minimum Gasteiger partial charge on any atom is -0.508 e. The number of piperazine rings is 1. The Balaban J connectivity index is 1.43. The molecule has 0 aliphatic carbocycles. The maximum absolute atomic E-state index is 12.7. The second-order valence-corrected chi connectivity index (χ2v) is 8.88. The average molecular weight is 461 g/mol. The molecule has 3 N–H and O–H groups in total. The van der Waals surface area contributed by atoms with Gasteiger partial charge in [-0.3, -0.25) is 14.9 Å². The molecule has 31 heavy (non-hydrogen) atoms. The lowest BCUT2D eigenvalue weighted by Gasteiger charge is -2.37. The first-order valence-electron chi connectivity index (χ1n) is 9.81. The van der Waals surface area contributed by atoms with E-state index in [1.807, 2.05) is 0 Å². The predicted molar refractivity (Wildman–Crippen MR) is 125 cm³/mol. The van der Waals surface area contributed by atoms with Gasteiger partial charge >= 0.3 is 0 Å². The van der Waals surface area contributed by atoms with Crippen LogP contribution in [0.1, 0.15) is 11.1 Å². The molecule has 1 fully saturated rings. The van der Waals surface area contributed by atoms with Crippen molar-refractivity contribution in [2.75, 3.05) is 26.2 Å². The number of aromatic hydroxyl groups is 1. The topological polar surface area (TPSA) is 113 Å². The molecule has 1 heterocycles. The van der Waals surface area contributed by atoms with Gasteiger partial charge < -0.3 is 20.6 Å². The number of phenolic OH excluding ortho intramolecular Hbond substituents is 1. The van der Waals surface area contributed by atoms with Crippen LogP contribution in [0.25, 0.3) is 0 Å². The van der Waals surface area contributed by atoms with Gasteiger partial charge in [0.1, 0.15) is 10.1 Å². The molecule has 2 aromatic carbocycles. The van der Waals surface area contributed by atoms with Crippen LogP contribution in [0, 0.1) is 10.1 Å². The third-order valence-corrected chi connectivity index (χ3v) is 6.66. The van der Waals surface area contributed by atoms with E-state index in [1.54, 1.807) is 41.3 Å². The van der Waals surface area contributed by atoms with Crippen molar-refractivity contribution in [2.24, 2.45) is 5.73 Å². The second kappa shape index (κ2) is 10.6. The van der Waals surface area contributed by atoms with Crippen molar-refractivity contribution in [2.45, 2.75) is 18.2 Å². The van der Waals surface area contributed by atoms with E-state index in [0.717, 1.165) is 15.4 Å². The van der Waals surface area contributed by atoms with Crippen molar-refractivity contribution in [3.05, 3.63) is 69.8 Å². The number of thioether (sulfide) groups is 1. The Labute approximate surface area is 190 Å². The maximum atomic E-state index is 12.7. The Bertz CT molecular complexity index is 929. The molecule has 0 radical (unpaired) electrons. The minimum absolute atomic E-state index is 0.0701. The molecule has 1 aliphatic heterocycles. The van der Waals surface area contributed by atoms with Gasteiger partial charge in [0.15, 0.2) is 0 Å². The Morgan fingerprint density at radius 2 is 1.61 bits per heavy atom. The monoisotopic (exact) mass is 460 g/mol. The van der Waals surface area contributed by atoms with E-state index >= 15 is 0 Å². The highest BCUT2D eigenvalue weighted by molar-refractivity contribution is 8.22. The number of phenols is 1. The van der Waals surface area contributed by atoms with E-state index in [4.69, 9.17) is 18.0 Å². The summed E-state index contributed by atoms with van der Waals surface area (Å²) in [5, 5.41) is 20.1. The molecule has 1 amide bonds. The molecule has 8 nitrogen and oxygen atoms in total. The van der Waals surface area contributed by atoms with Gasteiger partial charge in [-0.1, -0.05) is 48.2 Å². The fraction of sp³-hybridized carbons (Fsp3) is 0.333. The Morgan fingerprint density at radius 3 is 2.19 bits per heavy atom. The van der Waals surface area contributed by atoms with Gasteiger partial charge in [0, 0.05) is 44.1 Å². The quantitative estimate of drug-likeness (QED) is 0.384. The van der Waals surface area contributed by atoms with Crippen LogP contribution in [0.2, 0.25) is 0 Å². The standard InChI is InChI=1S/C21H24N4O4S2/c22-19(13-15-3-7-18(26)8-4-15)20(27)23-9-11-24(12-10-23)21(30)31-14-16-1-5-17(6-2-16)25(28)29/h1-8,19,26H,9-14,22H2/t19-/m0/s1. The van der Waals surface area contributed by atoms with E-state index < -0.39 is 11.0 Å². The lowest BCUT2D eigenvalue weighted by molar-refractivity contribution is -0.384. The number of amides is 1. The van der Waals surface area contributed by atoms with Gasteiger partial charge in [-0.05, 0) is 29.7 Å². The molecule has 0 aromatic heterocycles. The van der Waals surface area contributed by atoms with Crippen molar-refractivity contribution < 1.29 is 14.8 Å². The number of nitrogens with zero attached hydrogens (tertiary/aromatic N) is 3. The molecular weight excluding hydrogens is 436 g/mol. The first-order valence-corrected chi connectivity index (χ1v) is 11.2. The van der Waals surface area contributed by atoms with Gasteiger partial charge in [-0.15, -0.1) is 0 Å². The number of benzene rings is 2. The molecule has 3 rings (SSSR count). The van der Waals surface area contributed by atoms with Crippen LogP contribution < -0.4 is 5.73 Å². The second-order valence-electron chi connectivity index (χ2n) is 7.27. The summed E-state index contributed by atoms with van der Waals surface area (Å²) in [5.74, 6) is 0.729. The van der Waals surface area contributed by atoms with Crippen LogP contribution in [0.4, 0.5) is 5.69 Å². The Kier molecular flexibility index (Phi) is 7.83. The largest absolute Gasteiger partial charge is 0.508 e. The van der Waals surface area contributed by atoms with Crippen LogP contribution in [0.5, 0.6) is 5.75 Å². The number of non-ortho nitro benzene ring substituents is 1. The van der Waals surface area contributed by atoms with Gasteiger partial charge in [0.05, 0.1) is 11.0 Å². The Hall–Kier alpha value is -2.69. The summed E-state index contributed by atoms with van der Waals surface area (Å²) < 4.78 is 0.749. The number of carbonyl (C=O) groups is 1. The third-order valence-electron chi connectivity index (χ3n) is 5.07. The number of carbonyl (C=O) groups excluding carboxylic acids is 1. The summed E-state index contributed by atoms with van der Waals surface area (Å²) in [5.41, 5.74) is 8.05. The van der Waals surface area contributed by atoms with Crippen molar-refractivity contribution in [1.29, 1.82) is 0 Å². The molecule has 0 unspecified atom stereocenters. The van der Waals surface area contributed by atoms with E-state index in [-0.39, 0.29) is 17.3 Å². The number of hydrogen-bond acceptors (Lipinski definition) is 7. The van der Waals surface area contributed by atoms with Crippen LogP contribution in [-0.4, -0.2) is 62.3 Å². The summed E-state index contributed by atoms with van der Waals surface area (Å²) in [6.07, 6.45) is 0.419. The van der Waals surface area contributed by atoms with Crippen molar-refractivity contribution in [3.8, 4) is 5.75 Å². The lowest BCUT2D eigenvalue weighted by atomic mass is 10.1. The van der Waals surface area contributed by atoms with Crippen molar-refractivity contribution in [1.82, 2.24) is 9.80 Å². The van der Waals surface area contributed by atoms with E-state index in [1.165, 1.54) is 23.9 Å². The number of nitro benzene ring substituents is 1. The zero-order chi connectivity index (χ0) is 22.4. The highest BCUT2D eigenvalue weighted by Crippen LogP contribution is 2.20. The summed E-state index contributed by atoms with van der Waals surface area (Å²) in [6.45, 7) is 2.40. The summed E-state index contributed by atoms with van der Waals surface area (Å²) in [6, 6.07) is 12.5. The molecule has 10 heteroatoms. The number of nitrogens with two attached hydrogens (primary N) is 1. The molecule has 164 valence electrons. The van der Waals surface area contributed by atoms with Gasteiger partial charge in [-0.25, -0.2) is 0 Å². The third kappa shape index (κ3) is 6.39. The molecule has 0 saturated carbocycles. The summed E-state index contributed by atoms with van der Waals surface area (Å²) >= 11 is 7.03. The van der Waals surface area contributed by atoms with E-state index in [2.05, 4.69) is 4.90 Å². The molecule has 1 aliphatic rings. The summed E-state index contributed by atoms with van der Waals surface area (Å²) in [7, 11) is 0. The molecule has 0 spiro atoms. The highest BCUT2D eigenvalue weighted by Gasteiger charge is 2.26. The van der Waals surface area contributed by atoms with Crippen LogP contribution in [0.3, 0.4) is 0 Å². The molecular formula is C21H24N4O4S2. The number of hydrogen-bond donors (Lipinski definition) is 2. The van der Waals surface area contributed by atoms with Gasteiger partial charge in [0.25, 0.3) is 5.69 Å². The minimum atomic E-state index is -0.625. The number of rotatable bonds is 6. The SMILES string of the molecule is N[C@@H](Cc1ccc(O)cc1)C(=O)N1CCN(C(=S)SCc2ccc([N+](=O)[O-])cc2)CC1. The van der Waals surface area contributed by atoms with Gasteiger partial charge in [0.2, 0.25) is 5.91 Å². The normalized spacial score (nSPS) is 14.9. The zero-order valence-corrected chi connectivity index (χ0v) is 18.5. The number of thiocarbonyl (C=S) groups is 1. The summed E-state index contributed by atoms with van der Waals surface area (Å²) in [4.78, 5) is 26.8. The average Bonchev–Trinajstić information content (AvgIpc) is 2.78. The fourth-order valence-corrected chi connectivity index (χ4v) is 4.47. The van der Waals surface area contributed by atoms with Crippen LogP contribution in [-0.2, 0) is 17.0 Å². The fourth-order valence-electron chi connectivity index (χ4n) is 3.27. The molecule has 2 aromatic rings. The van der Waals surface area contributed by atoms with Crippen molar-refractivity contribution >= 4 is 39.9 Å². The highest BCUT2D eigenvalue weighted by atomic mass is 32.2. The first-order chi connectivity index (χ1) is 14.8. The molecule has 1 atom stereocenters. The van der Waals surface area contributed by atoms with Crippen molar-refractivity contribution in [3.63, 3.8) is 0 Å². The molecule has 0 bridgehead atoms. The first kappa shape index (κ1) is 23.0. The Morgan fingerprint density at radius 1 is 1.06 bits per heavy atom. The van der Waals surface area contributed by atoms with E-state index in [0.29, 0.717) is 38.4 Å². The lowest BCUT2D eigenvalue weighted by Crippen LogP contribution is -2.54. The zero-order valence-electron chi connectivity index (χ0n) is 16.8.